The van der Waals surface area contributed by atoms with Gasteiger partial charge >= 0.3 is 0 Å². The van der Waals surface area contributed by atoms with E-state index < -0.39 is 0 Å². The summed E-state index contributed by atoms with van der Waals surface area (Å²) in [6.07, 6.45) is 0. The molecular weight excluding hydrogens is 374 g/mol. The van der Waals surface area contributed by atoms with Crippen LogP contribution in [0.3, 0.4) is 0 Å². The van der Waals surface area contributed by atoms with Crippen molar-refractivity contribution < 1.29 is 8.78 Å². The molecule has 0 saturated carbocycles. The minimum absolute atomic E-state index is 0.272. The molecule has 0 spiro atoms. The minimum Gasteiger partial charge on any atom is -0.301 e. The van der Waals surface area contributed by atoms with Crippen molar-refractivity contribution in [1.29, 1.82) is 0 Å². The Morgan fingerprint density at radius 1 is 0.966 bits per heavy atom. The first kappa shape index (κ1) is 19.6. The first-order valence-electron chi connectivity index (χ1n) is 9.87. The molecule has 1 aromatic heterocycles. The van der Waals surface area contributed by atoms with E-state index in [2.05, 4.69) is 32.2 Å². The monoisotopic (exact) mass is 398 g/mol. The number of piperazine rings is 1. The summed E-state index contributed by atoms with van der Waals surface area (Å²) < 4.78 is 29.7. The first-order valence-corrected chi connectivity index (χ1v) is 9.87. The van der Waals surface area contributed by atoms with E-state index in [1.54, 1.807) is 28.9 Å². The van der Waals surface area contributed by atoms with Crippen molar-refractivity contribution in [2.24, 2.45) is 0 Å². The van der Waals surface area contributed by atoms with Crippen LogP contribution in [0, 0.1) is 11.6 Å². The number of aromatic nitrogens is 4. The number of hydrogen-bond acceptors (Lipinski definition) is 5. The summed E-state index contributed by atoms with van der Waals surface area (Å²) in [5, 5.41) is 12.3. The van der Waals surface area contributed by atoms with Gasteiger partial charge in [0, 0.05) is 31.7 Å². The van der Waals surface area contributed by atoms with Gasteiger partial charge in [0.25, 0.3) is 0 Å². The average Bonchev–Trinajstić information content (AvgIpc) is 3.19. The maximum atomic E-state index is 14.8. The van der Waals surface area contributed by atoms with Gasteiger partial charge < -0.3 is 4.90 Å². The summed E-state index contributed by atoms with van der Waals surface area (Å²) in [6.45, 7) is 6.98. The van der Waals surface area contributed by atoms with Gasteiger partial charge in [0.05, 0.1) is 6.54 Å². The molecule has 3 aromatic rings. The van der Waals surface area contributed by atoms with E-state index in [4.69, 9.17) is 0 Å². The van der Waals surface area contributed by atoms with Gasteiger partial charge in [0.2, 0.25) is 0 Å². The molecule has 0 radical (unpaired) electrons. The fourth-order valence-corrected chi connectivity index (χ4v) is 3.82. The topological polar surface area (TPSA) is 50.1 Å². The Bertz CT molecular complexity index is 934. The van der Waals surface area contributed by atoms with Gasteiger partial charge in [-0.3, -0.25) is 4.90 Å². The van der Waals surface area contributed by atoms with Crippen molar-refractivity contribution in [2.75, 3.05) is 32.7 Å². The van der Waals surface area contributed by atoms with Crippen molar-refractivity contribution in [2.45, 2.75) is 19.5 Å². The molecule has 0 bridgehead atoms. The van der Waals surface area contributed by atoms with Crippen LogP contribution >= 0.6 is 0 Å². The van der Waals surface area contributed by atoms with Crippen molar-refractivity contribution >= 4 is 0 Å². The molecule has 0 amide bonds. The molecule has 1 saturated heterocycles. The van der Waals surface area contributed by atoms with Gasteiger partial charge in [-0.1, -0.05) is 37.3 Å². The molecule has 1 aliphatic rings. The molecule has 8 heteroatoms. The second-order valence-corrected chi connectivity index (χ2v) is 7.22. The van der Waals surface area contributed by atoms with Crippen molar-refractivity contribution in [3.8, 4) is 0 Å². The van der Waals surface area contributed by atoms with Crippen LogP contribution in [0.4, 0.5) is 8.78 Å². The lowest BCUT2D eigenvalue weighted by atomic mass is 10.0. The second-order valence-electron chi connectivity index (χ2n) is 7.22. The predicted octanol–water partition coefficient (Wildman–Crippen LogP) is 2.73. The Hall–Kier alpha value is -2.71. The number of hydrogen-bond donors (Lipinski definition) is 0. The predicted molar refractivity (Wildman–Crippen MR) is 105 cm³/mol. The minimum atomic E-state index is -0.384. The average molecular weight is 398 g/mol. The lowest BCUT2D eigenvalue weighted by Crippen LogP contribution is -2.48. The van der Waals surface area contributed by atoms with Gasteiger partial charge in [-0.15, -0.1) is 5.10 Å². The maximum Gasteiger partial charge on any atom is 0.173 e. The third-order valence-electron chi connectivity index (χ3n) is 5.47. The van der Waals surface area contributed by atoms with E-state index in [0.717, 1.165) is 38.3 Å². The normalized spacial score (nSPS) is 16.8. The van der Waals surface area contributed by atoms with Crippen LogP contribution in [-0.2, 0) is 6.54 Å². The molecule has 1 atom stereocenters. The third kappa shape index (κ3) is 4.33. The summed E-state index contributed by atoms with van der Waals surface area (Å²) in [5.41, 5.74) is 1.44. The number of halogens is 2. The molecule has 1 aliphatic heterocycles. The molecule has 152 valence electrons. The lowest BCUT2D eigenvalue weighted by molar-refractivity contribution is 0.107. The maximum absolute atomic E-state index is 14.8. The fourth-order valence-electron chi connectivity index (χ4n) is 3.82. The highest BCUT2D eigenvalue weighted by Gasteiger charge is 2.32. The van der Waals surface area contributed by atoms with E-state index in [1.165, 1.54) is 18.2 Å². The standard InChI is InChI=1S/C21H24F2N6/c1-2-27-11-13-28(14-12-27)20(18-5-3-4-6-19(18)23)21-24-25-26-29(21)15-16-7-9-17(22)10-8-16/h3-10,20H,2,11-15H2,1H3/t20-/m1/s1. The Kier molecular flexibility index (Phi) is 5.92. The smallest absolute Gasteiger partial charge is 0.173 e. The number of tetrazole rings is 1. The first-order chi connectivity index (χ1) is 14.2. The van der Waals surface area contributed by atoms with Gasteiger partial charge in [0.1, 0.15) is 17.7 Å². The zero-order valence-corrected chi connectivity index (χ0v) is 16.4. The van der Waals surface area contributed by atoms with E-state index >= 15 is 0 Å². The summed E-state index contributed by atoms with van der Waals surface area (Å²) in [4.78, 5) is 4.60. The molecule has 2 aromatic carbocycles. The Morgan fingerprint density at radius 3 is 2.38 bits per heavy atom. The molecule has 0 aliphatic carbocycles. The zero-order valence-electron chi connectivity index (χ0n) is 16.4. The van der Waals surface area contributed by atoms with E-state index in [9.17, 15) is 8.78 Å². The Balaban J connectivity index is 1.68. The molecule has 2 heterocycles. The quantitative estimate of drug-likeness (QED) is 0.639. The molecule has 1 fully saturated rings. The van der Waals surface area contributed by atoms with Crippen molar-refractivity contribution in [1.82, 2.24) is 30.0 Å². The fraction of sp³-hybridized carbons (Fsp3) is 0.381. The van der Waals surface area contributed by atoms with Crippen molar-refractivity contribution in [3.63, 3.8) is 0 Å². The number of rotatable bonds is 6. The molecule has 6 nitrogen and oxygen atoms in total. The lowest BCUT2D eigenvalue weighted by Gasteiger charge is -2.38. The highest BCUT2D eigenvalue weighted by atomic mass is 19.1. The molecule has 0 unspecified atom stereocenters. The van der Waals surface area contributed by atoms with E-state index in [1.807, 2.05) is 6.07 Å². The largest absolute Gasteiger partial charge is 0.301 e. The highest BCUT2D eigenvalue weighted by Crippen LogP contribution is 2.30. The highest BCUT2D eigenvalue weighted by molar-refractivity contribution is 5.27. The van der Waals surface area contributed by atoms with Crippen LogP contribution in [-0.4, -0.2) is 62.7 Å². The van der Waals surface area contributed by atoms with Crippen LogP contribution in [0.5, 0.6) is 0 Å². The summed E-state index contributed by atoms with van der Waals surface area (Å²) in [7, 11) is 0. The van der Waals surface area contributed by atoms with E-state index in [0.29, 0.717) is 17.9 Å². The third-order valence-corrected chi connectivity index (χ3v) is 5.47. The van der Waals surface area contributed by atoms with Crippen LogP contribution in [0.15, 0.2) is 48.5 Å². The number of likely N-dealkylation sites (N-methyl/N-ethyl adjacent to an activating group) is 1. The van der Waals surface area contributed by atoms with Gasteiger partial charge in [-0.05, 0) is 40.7 Å². The van der Waals surface area contributed by atoms with Gasteiger partial charge in [-0.25, -0.2) is 13.5 Å². The summed E-state index contributed by atoms with van der Waals surface area (Å²) in [6, 6.07) is 12.6. The number of benzene rings is 2. The zero-order chi connectivity index (χ0) is 20.2. The second kappa shape index (κ2) is 8.75. The molecule has 0 N–H and O–H groups in total. The van der Waals surface area contributed by atoms with Gasteiger partial charge in [0.15, 0.2) is 5.82 Å². The molecule has 4 rings (SSSR count). The SMILES string of the molecule is CCN1CCN([C@H](c2ccccc2F)c2nnnn2Cc2ccc(F)cc2)CC1. The summed E-state index contributed by atoms with van der Waals surface area (Å²) >= 11 is 0. The Morgan fingerprint density at radius 2 is 1.69 bits per heavy atom. The Labute approximate surface area is 168 Å². The van der Waals surface area contributed by atoms with Crippen LogP contribution < -0.4 is 0 Å². The van der Waals surface area contributed by atoms with Crippen LogP contribution in [0.2, 0.25) is 0 Å². The van der Waals surface area contributed by atoms with Crippen molar-refractivity contribution in [3.05, 3.63) is 77.1 Å². The van der Waals surface area contributed by atoms with Gasteiger partial charge in [-0.2, -0.15) is 0 Å². The molecular formula is C21H24F2N6. The van der Waals surface area contributed by atoms with Crippen LogP contribution in [0.1, 0.15) is 29.9 Å². The number of nitrogens with zero attached hydrogens (tertiary/aromatic N) is 6. The van der Waals surface area contributed by atoms with Crippen LogP contribution in [0.25, 0.3) is 0 Å². The molecule has 29 heavy (non-hydrogen) atoms. The van der Waals surface area contributed by atoms with E-state index in [-0.39, 0.29) is 17.7 Å². The summed E-state index contributed by atoms with van der Waals surface area (Å²) in [5.74, 6) is 0.0276.